The number of amides is 1. The van der Waals surface area contributed by atoms with Crippen LogP contribution in [0.15, 0.2) is 76.2 Å². The Balaban J connectivity index is 1.68. The van der Waals surface area contributed by atoms with Crippen molar-refractivity contribution in [1.82, 2.24) is 9.78 Å². The number of aromatic nitrogens is 2. The number of nitrogens with zero attached hydrogens (tertiary/aromatic N) is 3. The third-order valence-corrected chi connectivity index (χ3v) is 5.39. The molecule has 10 heteroatoms. The molecule has 0 bridgehead atoms. The van der Waals surface area contributed by atoms with Gasteiger partial charge >= 0.3 is 5.97 Å². The van der Waals surface area contributed by atoms with E-state index in [9.17, 15) is 19.5 Å². The van der Waals surface area contributed by atoms with E-state index < -0.39 is 23.1 Å². The summed E-state index contributed by atoms with van der Waals surface area (Å²) < 4.78 is 1.30. The average Bonchev–Trinajstić information content (AvgIpc) is 3.32. The highest BCUT2D eigenvalue weighted by molar-refractivity contribution is 6.52. The van der Waals surface area contributed by atoms with Gasteiger partial charge in [0.2, 0.25) is 0 Å². The van der Waals surface area contributed by atoms with Crippen LogP contribution < -0.4 is 10.6 Å². The number of hydrogen-bond acceptors (Lipinski definition) is 6. The molecular formula is C25H22N4O6. The van der Waals surface area contributed by atoms with Gasteiger partial charge in [-0.1, -0.05) is 41.5 Å². The van der Waals surface area contributed by atoms with Crippen molar-refractivity contribution in [2.75, 3.05) is 5.01 Å². The average molecular weight is 474 g/mol. The number of H-pyrrole nitrogens is 1. The summed E-state index contributed by atoms with van der Waals surface area (Å²) >= 11 is 0. The summed E-state index contributed by atoms with van der Waals surface area (Å²) in [7, 11) is 0. The Morgan fingerprint density at radius 2 is 1.63 bits per heavy atom. The lowest BCUT2D eigenvalue weighted by Gasteiger charge is -2.11. The van der Waals surface area contributed by atoms with E-state index in [0.29, 0.717) is 17.1 Å². The van der Waals surface area contributed by atoms with Gasteiger partial charge in [-0.15, -0.1) is 0 Å². The highest BCUT2D eigenvalue weighted by Crippen LogP contribution is 2.24. The van der Waals surface area contributed by atoms with Crippen LogP contribution in [0.2, 0.25) is 0 Å². The minimum atomic E-state index is -1.36. The van der Waals surface area contributed by atoms with Gasteiger partial charge in [0.1, 0.15) is 6.61 Å². The van der Waals surface area contributed by atoms with Crippen molar-refractivity contribution in [3.8, 4) is 5.69 Å². The number of rotatable bonds is 7. The van der Waals surface area contributed by atoms with Crippen LogP contribution in [0.25, 0.3) is 11.8 Å². The van der Waals surface area contributed by atoms with E-state index in [-0.39, 0.29) is 17.7 Å². The number of hydrazone groups is 1. The Hall–Kier alpha value is -4.54. The highest BCUT2D eigenvalue weighted by atomic mass is 17.1. The zero-order valence-electron chi connectivity index (χ0n) is 18.9. The van der Waals surface area contributed by atoms with Crippen molar-refractivity contribution in [2.24, 2.45) is 5.10 Å². The Labute approximate surface area is 199 Å². The SMILES string of the molecule is Cc1ccc(N2N=C(C(=O)O)/C(=C\C=C\c3c(COO)[nH]n(-c4ccc(C)cc4)c3=O)C2=O)cc1. The molecule has 3 aromatic rings. The molecule has 0 saturated carbocycles. The van der Waals surface area contributed by atoms with Crippen LogP contribution in [0.5, 0.6) is 0 Å². The second-order valence-corrected chi connectivity index (χ2v) is 7.90. The summed E-state index contributed by atoms with van der Waals surface area (Å²) in [5.74, 6) is -1.97. The predicted octanol–water partition coefficient (Wildman–Crippen LogP) is 3.20. The maximum atomic E-state index is 13.0. The number of benzene rings is 2. The molecule has 1 aliphatic rings. The van der Waals surface area contributed by atoms with Crippen LogP contribution in [0, 0.1) is 13.8 Å². The summed E-state index contributed by atoms with van der Waals surface area (Å²) in [4.78, 5) is 41.9. The maximum Gasteiger partial charge on any atom is 0.357 e. The molecule has 0 saturated heterocycles. The molecule has 0 spiro atoms. The van der Waals surface area contributed by atoms with Gasteiger partial charge in [0, 0.05) is 0 Å². The third kappa shape index (κ3) is 4.74. The third-order valence-electron chi connectivity index (χ3n) is 5.39. The molecule has 1 aliphatic heterocycles. The second-order valence-electron chi connectivity index (χ2n) is 7.90. The van der Waals surface area contributed by atoms with Crippen molar-refractivity contribution in [1.29, 1.82) is 0 Å². The molecule has 0 radical (unpaired) electrons. The van der Waals surface area contributed by atoms with Gasteiger partial charge in [-0.2, -0.15) is 10.1 Å². The lowest BCUT2D eigenvalue weighted by Crippen LogP contribution is -2.22. The van der Waals surface area contributed by atoms with Crippen molar-refractivity contribution < 1.29 is 24.8 Å². The number of aliphatic carboxylic acids is 1. The number of anilines is 1. The molecule has 0 atom stereocenters. The number of carbonyl (C=O) groups excluding carboxylic acids is 1. The number of hydrogen-bond donors (Lipinski definition) is 3. The van der Waals surface area contributed by atoms with E-state index in [4.69, 9.17) is 5.26 Å². The number of carbonyl (C=O) groups is 2. The van der Waals surface area contributed by atoms with Crippen LogP contribution in [0.4, 0.5) is 5.69 Å². The molecule has 10 nitrogen and oxygen atoms in total. The number of carboxylic acids is 1. The molecule has 1 amide bonds. The largest absolute Gasteiger partial charge is 0.476 e. The topological polar surface area (TPSA) is 137 Å². The van der Waals surface area contributed by atoms with Gasteiger partial charge in [0.25, 0.3) is 11.5 Å². The Kier molecular flexibility index (Phi) is 6.58. The van der Waals surface area contributed by atoms with Crippen molar-refractivity contribution >= 4 is 29.4 Å². The number of carboxylic acid groups (broad SMARTS) is 1. The summed E-state index contributed by atoms with van der Waals surface area (Å²) in [5, 5.41) is 26.4. The second kappa shape index (κ2) is 9.75. The molecule has 3 N–H and O–H groups in total. The van der Waals surface area contributed by atoms with Crippen LogP contribution >= 0.6 is 0 Å². The van der Waals surface area contributed by atoms with Crippen LogP contribution in [0.1, 0.15) is 22.4 Å². The van der Waals surface area contributed by atoms with Crippen LogP contribution in [0.3, 0.4) is 0 Å². The smallest absolute Gasteiger partial charge is 0.357 e. The standard InChI is InChI=1S/C25H22N4O6/c1-15-6-10-17(11-7-15)28-23(30)19(21(26-28)14-35-34)4-3-5-20-22(25(32)33)27-29(24(20)31)18-12-8-16(2)9-13-18/h3-13,26,34H,14H2,1-2H3,(H,32,33)/b4-3+,20-5+. The number of aryl methyl sites for hydroxylation is 2. The molecule has 2 aromatic carbocycles. The maximum absolute atomic E-state index is 13.0. The van der Waals surface area contributed by atoms with Gasteiger partial charge in [-0.3, -0.25) is 19.9 Å². The molecule has 2 heterocycles. The van der Waals surface area contributed by atoms with E-state index in [2.05, 4.69) is 15.1 Å². The fourth-order valence-corrected chi connectivity index (χ4v) is 3.54. The molecule has 0 aliphatic carbocycles. The monoisotopic (exact) mass is 474 g/mol. The number of nitrogens with one attached hydrogen (secondary N) is 1. The zero-order valence-corrected chi connectivity index (χ0v) is 18.9. The molecule has 35 heavy (non-hydrogen) atoms. The molecule has 178 valence electrons. The molecular weight excluding hydrogens is 452 g/mol. The summed E-state index contributed by atoms with van der Waals surface area (Å²) in [6, 6.07) is 14.1. The summed E-state index contributed by atoms with van der Waals surface area (Å²) in [6.07, 6.45) is 4.08. The van der Waals surface area contributed by atoms with Crippen LogP contribution in [-0.4, -0.2) is 37.7 Å². The lowest BCUT2D eigenvalue weighted by atomic mass is 10.1. The van der Waals surface area contributed by atoms with Gasteiger partial charge in [-0.25, -0.2) is 14.4 Å². The first-order valence-corrected chi connectivity index (χ1v) is 10.6. The lowest BCUT2D eigenvalue weighted by molar-refractivity contribution is -0.253. The molecule has 1 aromatic heterocycles. The minimum Gasteiger partial charge on any atom is -0.476 e. The Morgan fingerprint density at radius 3 is 2.20 bits per heavy atom. The predicted molar refractivity (Wildman–Crippen MR) is 129 cm³/mol. The molecule has 4 rings (SSSR count). The van der Waals surface area contributed by atoms with E-state index in [1.807, 2.05) is 26.0 Å². The van der Waals surface area contributed by atoms with Gasteiger partial charge in [-0.05, 0) is 50.3 Å². The fourth-order valence-electron chi connectivity index (χ4n) is 3.54. The highest BCUT2D eigenvalue weighted by Gasteiger charge is 2.34. The first kappa shape index (κ1) is 23.6. The van der Waals surface area contributed by atoms with Crippen molar-refractivity contribution in [3.05, 3.63) is 99.0 Å². The van der Waals surface area contributed by atoms with Gasteiger partial charge in [0.05, 0.1) is 28.2 Å². The first-order valence-electron chi connectivity index (χ1n) is 10.6. The van der Waals surface area contributed by atoms with Gasteiger partial charge in [0.15, 0.2) is 5.71 Å². The van der Waals surface area contributed by atoms with E-state index in [1.54, 1.807) is 36.4 Å². The Bertz CT molecular complexity index is 1430. The fraction of sp³-hybridized carbons (Fsp3) is 0.120. The Morgan fingerprint density at radius 1 is 1.03 bits per heavy atom. The van der Waals surface area contributed by atoms with Crippen molar-refractivity contribution in [3.63, 3.8) is 0 Å². The minimum absolute atomic E-state index is 0.135. The normalized spacial score (nSPS) is 14.8. The van der Waals surface area contributed by atoms with E-state index in [1.165, 1.54) is 22.9 Å². The van der Waals surface area contributed by atoms with Gasteiger partial charge < -0.3 is 5.11 Å². The zero-order chi connectivity index (χ0) is 25.1. The molecule has 0 fully saturated rings. The van der Waals surface area contributed by atoms with E-state index in [0.717, 1.165) is 16.1 Å². The van der Waals surface area contributed by atoms with Crippen molar-refractivity contribution in [2.45, 2.75) is 20.5 Å². The summed E-state index contributed by atoms with van der Waals surface area (Å²) in [6.45, 7) is 3.53. The quantitative estimate of drug-likeness (QED) is 0.273. The number of allylic oxidation sites excluding steroid dienone is 2. The summed E-state index contributed by atoms with van der Waals surface area (Å²) in [5.41, 5.74) is 2.52. The van der Waals surface area contributed by atoms with E-state index >= 15 is 0 Å². The molecule has 0 unspecified atom stereocenters. The number of aromatic amines is 1. The van der Waals surface area contributed by atoms with Crippen LogP contribution in [-0.2, 0) is 21.1 Å². The first-order chi connectivity index (χ1) is 16.8.